The molecule has 140 valence electrons. The Balaban J connectivity index is 2.34. The second kappa shape index (κ2) is 7.59. The molecule has 25 heavy (non-hydrogen) atoms. The van der Waals surface area contributed by atoms with Crippen LogP contribution in [0.2, 0.25) is 0 Å². The van der Waals surface area contributed by atoms with E-state index in [9.17, 15) is 4.79 Å². The van der Waals surface area contributed by atoms with Crippen molar-refractivity contribution in [2.75, 3.05) is 7.11 Å². The van der Waals surface area contributed by atoms with E-state index in [2.05, 4.69) is 53.7 Å². The van der Waals surface area contributed by atoms with E-state index in [0.717, 1.165) is 0 Å². The maximum Gasteiger partial charge on any atom is 0.169 e. The second-order valence-electron chi connectivity index (χ2n) is 8.38. The van der Waals surface area contributed by atoms with E-state index in [-0.39, 0.29) is 11.9 Å². The Morgan fingerprint density at radius 1 is 1.04 bits per heavy atom. The molecule has 0 radical (unpaired) electrons. The molecule has 1 aliphatic carbocycles. The molecular formula is C22H34O3. The van der Waals surface area contributed by atoms with Crippen molar-refractivity contribution in [2.45, 2.75) is 91.0 Å². The number of Topliss-reactive ketones (excluding diaryl/α,β-unsaturated/α-hetero) is 1. The van der Waals surface area contributed by atoms with Crippen LogP contribution >= 0.6 is 0 Å². The number of rotatable bonds is 7. The molecule has 1 aromatic rings. The number of carbonyl (C=O) groups is 1. The molecule has 1 aliphatic rings. The highest BCUT2D eigenvalue weighted by Gasteiger charge is 2.52. The van der Waals surface area contributed by atoms with E-state index in [1.807, 2.05) is 6.92 Å². The van der Waals surface area contributed by atoms with Crippen molar-refractivity contribution >= 4 is 5.78 Å². The van der Waals surface area contributed by atoms with Gasteiger partial charge in [0.25, 0.3) is 0 Å². The molecule has 0 aliphatic heterocycles. The summed E-state index contributed by atoms with van der Waals surface area (Å²) in [4.78, 5) is 11.9. The van der Waals surface area contributed by atoms with Crippen LogP contribution in [0.5, 0.6) is 0 Å². The molecular weight excluding hydrogens is 312 g/mol. The summed E-state index contributed by atoms with van der Waals surface area (Å²) >= 11 is 0. The van der Waals surface area contributed by atoms with E-state index < -0.39 is 5.60 Å². The molecule has 3 heteroatoms. The van der Waals surface area contributed by atoms with E-state index in [0.29, 0.717) is 30.8 Å². The van der Waals surface area contributed by atoms with Crippen molar-refractivity contribution in [3.05, 3.63) is 34.4 Å². The Hall–Kier alpha value is -1.19. The van der Waals surface area contributed by atoms with Gasteiger partial charge in [0.05, 0.1) is 6.61 Å². The van der Waals surface area contributed by atoms with Crippen LogP contribution in [0, 0.1) is 0 Å². The topological polar surface area (TPSA) is 35.5 Å². The van der Waals surface area contributed by atoms with Gasteiger partial charge in [0.15, 0.2) is 5.78 Å². The van der Waals surface area contributed by atoms with Gasteiger partial charge in [-0.25, -0.2) is 0 Å². The zero-order chi connectivity index (χ0) is 18.9. The number of ether oxygens (including phenoxy) is 2. The monoisotopic (exact) mass is 346 g/mol. The van der Waals surface area contributed by atoms with Crippen LogP contribution in [-0.4, -0.2) is 24.6 Å². The fraction of sp³-hybridized carbons (Fsp3) is 0.682. The lowest BCUT2D eigenvalue weighted by atomic mass is 9.76. The summed E-state index contributed by atoms with van der Waals surface area (Å²) in [6.07, 6.45) is 0.289. The fourth-order valence-corrected chi connectivity index (χ4v) is 3.53. The molecule has 0 amide bonds. The van der Waals surface area contributed by atoms with E-state index in [1.165, 1.54) is 22.3 Å². The molecule has 0 aromatic heterocycles. The van der Waals surface area contributed by atoms with E-state index in [1.54, 1.807) is 7.11 Å². The lowest BCUT2D eigenvalue weighted by molar-refractivity contribution is -0.191. The summed E-state index contributed by atoms with van der Waals surface area (Å²) in [5, 5.41) is 0. The molecule has 3 nitrogen and oxygen atoms in total. The van der Waals surface area contributed by atoms with Crippen LogP contribution in [0.15, 0.2) is 12.1 Å². The maximum absolute atomic E-state index is 11.9. The predicted octanol–water partition coefficient (Wildman–Crippen LogP) is 5.32. The summed E-state index contributed by atoms with van der Waals surface area (Å²) in [5.74, 6) is 1.51. The minimum absolute atomic E-state index is 0.128. The van der Waals surface area contributed by atoms with Crippen molar-refractivity contribution in [2.24, 2.45) is 0 Å². The smallest absolute Gasteiger partial charge is 0.169 e. The normalized spacial score (nSPS) is 23.6. The first-order valence-electron chi connectivity index (χ1n) is 9.48. The van der Waals surface area contributed by atoms with Crippen molar-refractivity contribution in [3.63, 3.8) is 0 Å². The second-order valence-corrected chi connectivity index (χ2v) is 8.38. The summed E-state index contributed by atoms with van der Waals surface area (Å²) in [5.41, 5.74) is 4.61. The number of methoxy groups -OCH3 is 1. The molecule has 2 atom stereocenters. The number of carbonyl (C=O) groups excluding carboxylic acids is 1. The molecule has 0 spiro atoms. The molecule has 0 unspecified atom stereocenters. The van der Waals surface area contributed by atoms with Gasteiger partial charge in [-0.15, -0.1) is 0 Å². The highest BCUT2D eigenvalue weighted by Crippen LogP contribution is 2.37. The Morgan fingerprint density at radius 3 is 1.92 bits per heavy atom. The SMILES string of the molecule is CO[C@@]1(C)C(=O)C[C@@H]1OCc1c(C(C)C)cc(C(C)C)cc1C(C)C. The first-order valence-corrected chi connectivity index (χ1v) is 9.48. The third-order valence-corrected chi connectivity index (χ3v) is 5.64. The minimum atomic E-state index is -0.784. The summed E-state index contributed by atoms with van der Waals surface area (Å²) in [6.45, 7) is 15.8. The zero-order valence-electron chi connectivity index (χ0n) is 17.1. The third kappa shape index (κ3) is 3.83. The lowest BCUT2D eigenvalue weighted by Gasteiger charge is -2.43. The van der Waals surface area contributed by atoms with Gasteiger partial charge in [0.2, 0.25) is 0 Å². The number of benzene rings is 1. The average molecular weight is 347 g/mol. The molecule has 0 saturated heterocycles. The number of hydrogen-bond donors (Lipinski definition) is 0. The number of hydrogen-bond acceptors (Lipinski definition) is 3. The van der Waals surface area contributed by atoms with Gasteiger partial charge >= 0.3 is 0 Å². The Morgan fingerprint density at radius 2 is 1.56 bits per heavy atom. The van der Waals surface area contributed by atoms with Gasteiger partial charge in [-0.1, -0.05) is 53.7 Å². The quantitative estimate of drug-likeness (QED) is 0.670. The van der Waals surface area contributed by atoms with Gasteiger partial charge in [-0.2, -0.15) is 0 Å². The van der Waals surface area contributed by atoms with Gasteiger partial charge in [-0.05, 0) is 46.9 Å². The molecule has 2 rings (SSSR count). The van der Waals surface area contributed by atoms with Crippen molar-refractivity contribution < 1.29 is 14.3 Å². The lowest BCUT2D eigenvalue weighted by Crippen LogP contribution is -2.60. The van der Waals surface area contributed by atoms with Gasteiger partial charge in [0.1, 0.15) is 11.7 Å². The summed E-state index contributed by atoms with van der Waals surface area (Å²) < 4.78 is 11.6. The highest BCUT2D eigenvalue weighted by molar-refractivity contribution is 5.94. The van der Waals surface area contributed by atoms with Crippen molar-refractivity contribution in [1.82, 2.24) is 0 Å². The largest absolute Gasteiger partial charge is 0.370 e. The van der Waals surface area contributed by atoms with Gasteiger partial charge in [0, 0.05) is 13.5 Å². The Labute approximate surface area is 153 Å². The van der Waals surface area contributed by atoms with E-state index >= 15 is 0 Å². The van der Waals surface area contributed by atoms with E-state index in [4.69, 9.17) is 9.47 Å². The van der Waals surface area contributed by atoms with Crippen molar-refractivity contribution in [1.29, 1.82) is 0 Å². The van der Waals surface area contributed by atoms with Crippen LogP contribution in [0.1, 0.15) is 94.9 Å². The van der Waals surface area contributed by atoms with Crippen molar-refractivity contribution in [3.8, 4) is 0 Å². The van der Waals surface area contributed by atoms with Crippen LogP contribution in [0.3, 0.4) is 0 Å². The van der Waals surface area contributed by atoms with Gasteiger partial charge in [-0.3, -0.25) is 4.79 Å². The summed E-state index contributed by atoms with van der Waals surface area (Å²) in [6, 6.07) is 4.67. The first-order chi connectivity index (χ1) is 11.6. The van der Waals surface area contributed by atoms with Gasteiger partial charge < -0.3 is 9.47 Å². The maximum atomic E-state index is 11.9. The van der Waals surface area contributed by atoms with Crippen LogP contribution in [0.4, 0.5) is 0 Å². The fourth-order valence-electron chi connectivity index (χ4n) is 3.53. The highest BCUT2D eigenvalue weighted by atomic mass is 16.6. The number of ketones is 1. The van der Waals surface area contributed by atoms with Crippen LogP contribution in [-0.2, 0) is 20.9 Å². The van der Waals surface area contributed by atoms with Crippen LogP contribution < -0.4 is 0 Å². The Kier molecular flexibility index (Phi) is 6.11. The average Bonchev–Trinajstić information content (AvgIpc) is 2.56. The molecule has 0 N–H and O–H groups in total. The molecule has 1 fully saturated rings. The van der Waals surface area contributed by atoms with Crippen LogP contribution in [0.25, 0.3) is 0 Å². The molecule has 1 saturated carbocycles. The minimum Gasteiger partial charge on any atom is -0.370 e. The standard InChI is InChI=1S/C22H34O3/c1-13(2)16-9-17(14(3)4)19(18(10-16)15(5)6)12-25-21-11-20(23)22(21,7)24-8/h9-10,13-15,21H,11-12H2,1-8H3/t21-,22-/m0/s1. The summed E-state index contributed by atoms with van der Waals surface area (Å²) in [7, 11) is 1.59. The molecule has 0 heterocycles. The third-order valence-electron chi connectivity index (χ3n) is 5.64. The Bertz CT molecular complexity index is 601. The molecule has 1 aromatic carbocycles. The zero-order valence-corrected chi connectivity index (χ0v) is 17.1. The molecule has 0 bridgehead atoms. The first kappa shape index (κ1) is 20.1. The predicted molar refractivity (Wildman–Crippen MR) is 102 cm³/mol.